The molecule has 0 aliphatic carbocycles. The van der Waals surface area contributed by atoms with E-state index in [9.17, 15) is 4.79 Å². The molecule has 0 saturated carbocycles. The maximum Gasteiger partial charge on any atom is 0.271 e. The van der Waals surface area contributed by atoms with Gasteiger partial charge in [-0.05, 0) is 29.9 Å². The maximum absolute atomic E-state index is 12.1. The molecule has 0 spiro atoms. The summed E-state index contributed by atoms with van der Waals surface area (Å²) < 4.78 is 0. The van der Waals surface area contributed by atoms with Gasteiger partial charge in [-0.25, -0.2) is 4.98 Å². The zero-order valence-corrected chi connectivity index (χ0v) is 12.7. The Balaban J connectivity index is 2.72. The summed E-state index contributed by atoms with van der Waals surface area (Å²) in [6.45, 7) is 9.23. The van der Waals surface area contributed by atoms with Crippen LogP contribution in [0.4, 0.5) is 5.82 Å². The number of hydrogen-bond donors (Lipinski definition) is 2. The van der Waals surface area contributed by atoms with E-state index in [1.54, 1.807) is 12.1 Å². The molecule has 1 aromatic rings. The maximum atomic E-state index is 12.1. The third-order valence-corrected chi connectivity index (χ3v) is 3.60. The number of nitrogens with one attached hydrogen (secondary N) is 1. The average Bonchev–Trinajstić information content (AvgIpc) is 2.31. The fraction of sp³-hybridized carbons (Fsp3) is 0.571. The molecular weight excluding hydrogens is 262 g/mol. The monoisotopic (exact) mass is 283 g/mol. The van der Waals surface area contributed by atoms with Gasteiger partial charge in [0.15, 0.2) is 0 Å². The van der Waals surface area contributed by atoms with Gasteiger partial charge in [-0.2, -0.15) is 0 Å². The largest absolute Gasteiger partial charge is 0.384 e. The van der Waals surface area contributed by atoms with Crippen molar-refractivity contribution < 1.29 is 4.79 Å². The van der Waals surface area contributed by atoms with Crippen LogP contribution in [0.2, 0.25) is 5.02 Å². The number of hydrogen-bond acceptors (Lipinski definition) is 3. The molecule has 1 aromatic heterocycles. The predicted molar refractivity (Wildman–Crippen MR) is 79.2 cm³/mol. The standard InChI is InChI=1S/C14H22ClN3O/c1-8(2)10(9(3)4)7-17-14(19)13-11(15)5-6-12(16)18-13/h5-6,8-10H,7H2,1-4H3,(H2,16,18)(H,17,19). The van der Waals surface area contributed by atoms with Crippen molar-refractivity contribution in [3.05, 3.63) is 22.8 Å². The lowest BCUT2D eigenvalue weighted by Crippen LogP contribution is -2.34. The number of carbonyl (C=O) groups is 1. The highest BCUT2D eigenvalue weighted by Crippen LogP contribution is 2.20. The molecule has 0 radical (unpaired) electrons. The third-order valence-electron chi connectivity index (χ3n) is 3.29. The van der Waals surface area contributed by atoms with Crippen LogP contribution in [0.15, 0.2) is 12.1 Å². The number of carbonyl (C=O) groups excluding carboxylic acids is 1. The van der Waals surface area contributed by atoms with Gasteiger partial charge < -0.3 is 11.1 Å². The van der Waals surface area contributed by atoms with Gasteiger partial charge >= 0.3 is 0 Å². The van der Waals surface area contributed by atoms with Crippen LogP contribution in [0, 0.1) is 17.8 Å². The highest BCUT2D eigenvalue weighted by atomic mass is 35.5. The summed E-state index contributed by atoms with van der Waals surface area (Å²) in [5, 5.41) is 3.21. The van der Waals surface area contributed by atoms with E-state index in [2.05, 4.69) is 38.0 Å². The summed E-state index contributed by atoms with van der Waals surface area (Å²) in [7, 11) is 0. The second-order valence-corrected chi connectivity index (χ2v) is 5.84. The molecule has 1 heterocycles. The molecule has 0 unspecified atom stereocenters. The SMILES string of the molecule is CC(C)C(CNC(=O)c1nc(N)ccc1Cl)C(C)C. The minimum atomic E-state index is -0.274. The number of rotatable bonds is 5. The Morgan fingerprint density at radius 1 is 1.32 bits per heavy atom. The molecule has 0 bridgehead atoms. The number of nitrogen functional groups attached to an aromatic ring is 1. The van der Waals surface area contributed by atoms with Crippen molar-refractivity contribution in [3.63, 3.8) is 0 Å². The fourth-order valence-electron chi connectivity index (χ4n) is 2.15. The van der Waals surface area contributed by atoms with Gasteiger partial charge in [-0.3, -0.25) is 4.79 Å². The Hall–Kier alpha value is -1.29. The number of amides is 1. The lowest BCUT2D eigenvalue weighted by atomic mass is 9.85. The fourth-order valence-corrected chi connectivity index (χ4v) is 2.34. The quantitative estimate of drug-likeness (QED) is 0.873. The van der Waals surface area contributed by atoms with Crippen molar-refractivity contribution in [2.24, 2.45) is 17.8 Å². The number of halogens is 1. The van der Waals surface area contributed by atoms with Gasteiger partial charge in [0, 0.05) is 6.54 Å². The molecule has 0 aliphatic heterocycles. The zero-order valence-electron chi connectivity index (χ0n) is 11.9. The van der Waals surface area contributed by atoms with Gasteiger partial charge in [0.1, 0.15) is 11.5 Å². The van der Waals surface area contributed by atoms with Crippen LogP contribution >= 0.6 is 11.6 Å². The second kappa shape index (κ2) is 6.75. The summed E-state index contributed by atoms with van der Waals surface area (Å²) >= 11 is 5.95. The summed E-state index contributed by atoms with van der Waals surface area (Å²) in [5.41, 5.74) is 5.76. The smallest absolute Gasteiger partial charge is 0.271 e. The van der Waals surface area contributed by atoms with Crippen molar-refractivity contribution in [2.75, 3.05) is 12.3 Å². The van der Waals surface area contributed by atoms with Crippen LogP contribution in [0.25, 0.3) is 0 Å². The van der Waals surface area contributed by atoms with E-state index in [0.717, 1.165) is 0 Å². The van der Waals surface area contributed by atoms with Crippen LogP contribution in [0.1, 0.15) is 38.2 Å². The van der Waals surface area contributed by atoms with E-state index in [0.29, 0.717) is 35.1 Å². The van der Waals surface area contributed by atoms with Crippen LogP contribution in [0.5, 0.6) is 0 Å². The van der Waals surface area contributed by atoms with Crippen molar-refractivity contribution in [2.45, 2.75) is 27.7 Å². The van der Waals surface area contributed by atoms with Gasteiger partial charge in [0.05, 0.1) is 5.02 Å². The number of aromatic nitrogens is 1. The number of anilines is 1. The molecular formula is C14H22ClN3O. The lowest BCUT2D eigenvalue weighted by molar-refractivity contribution is 0.0932. The van der Waals surface area contributed by atoms with Gasteiger partial charge in [-0.1, -0.05) is 39.3 Å². The molecule has 0 fully saturated rings. The normalized spacial score (nSPS) is 11.4. The van der Waals surface area contributed by atoms with E-state index in [1.807, 2.05) is 0 Å². The Kier molecular flexibility index (Phi) is 5.60. The van der Waals surface area contributed by atoms with E-state index in [-0.39, 0.29) is 11.6 Å². The molecule has 0 saturated heterocycles. The summed E-state index contributed by atoms with van der Waals surface area (Å²) in [4.78, 5) is 16.0. The van der Waals surface area contributed by atoms with Gasteiger partial charge in [-0.15, -0.1) is 0 Å². The molecule has 5 heteroatoms. The third kappa shape index (κ3) is 4.39. The topological polar surface area (TPSA) is 68.0 Å². The molecule has 106 valence electrons. The van der Waals surface area contributed by atoms with Crippen LogP contribution in [-0.2, 0) is 0 Å². The van der Waals surface area contributed by atoms with Crippen molar-refractivity contribution in [3.8, 4) is 0 Å². The Labute approximate surface area is 119 Å². The van der Waals surface area contributed by atoms with E-state index in [1.165, 1.54) is 0 Å². The first-order chi connectivity index (χ1) is 8.82. The van der Waals surface area contributed by atoms with E-state index in [4.69, 9.17) is 17.3 Å². The first kappa shape index (κ1) is 15.8. The van der Waals surface area contributed by atoms with Crippen molar-refractivity contribution in [1.29, 1.82) is 0 Å². The molecule has 0 aliphatic rings. The average molecular weight is 284 g/mol. The lowest BCUT2D eigenvalue weighted by Gasteiger charge is -2.25. The first-order valence-corrected chi connectivity index (χ1v) is 6.91. The number of pyridine rings is 1. The second-order valence-electron chi connectivity index (χ2n) is 5.43. The first-order valence-electron chi connectivity index (χ1n) is 6.53. The molecule has 3 N–H and O–H groups in total. The van der Waals surface area contributed by atoms with Crippen molar-refractivity contribution >= 4 is 23.3 Å². The predicted octanol–water partition coefficient (Wildman–Crippen LogP) is 2.98. The summed E-state index contributed by atoms with van der Waals surface area (Å²) in [6.07, 6.45) is 0. The number of nitrogens with zero attached hydrogens (tertiary/aromatic N) is 1. The molecule has 1 amide bonds. The summed E-state index contributed by atoms with van der Waals surface area (Å²) in [5.74, 6) is 1.44. The molecule has 0 atom stereocenters. The Morgan fingerprint density at radius 2 is 1.89 bits per heavy atom. The molecule has 0 aromatic carbocycles. The van der Waals surface area contributed by atoms with Gasteiger partial charge in [0.2, 0.25) is 0 Å². The van der Waals surface area contributed by atoms with Crippen LogP contribution in [0.3, 0.4) is 0 Å². The number of nitrogens with two attached hydrogens (primary N) is 1. The molecule has 4 nitrogen and oxygen atoms in total. The minimum Gasteiger partial charge on any atom is -0.384 e. The highest BCUT2D eigenvalue weighted by Gasteiger charge is 2.20. The Bertz CT molecular complexity index is 438. The highest BCUT2D eigenvalue weighted by molar-refractivity contribution is 6.33. The van der Waals surface area contributed by atoms with Crippen LogP contribution < -0.4 is 11.1 Å². The minimum absolute atomic E-state index is 0.188. The van der Waals surface area contributed by atoms with Crippen LogP contribution in [-0.4, -0.2) is 17.4 Å². The Morgan fingerprint density at radius 3 is 2.42 bits per heavy atom. The zero-order chi connectivity index (χ0) is 14.6. The van der Waals surface area contributed by atoms with Crippen molar-refractivity contribution in [1.82, 2.24) is 10.3 Å². The van der Waals surface area contributed by atoms with Gasteiger partial charge in [0.25, 0.3) is 5.91 Å². The van der Waals surface area contributed by atoms with E-state index >= 15 is 0 Å². The summed E-state index contributed by atoms with van der Waals surface area (Å²) in [6, 6.07) is 3.16. The van der Waals surface area contributed by atoms with E-state index < -0.39 is 0 Å². The molecule has 1 rings (SSSR count). The molecule has 19 heavy (non-hydrogen) atoms.